The van der Waals surface area contributed by atoms with Gasteiger partial charge in [-0.1, -0.05) is 13.0 Å². The van der Waals surface area contributed by atoms with E-state index in [1.165, 1.54) is 5.56 Å². The van der Waals surface area contributed by atoms with E-state index in [1.807, 2.05) is 12.3 Å². The van der Waals surface area contributed by atoms with Crippen molar-refractivity contribution >= 4 is 0 Å². The molecule has 1 aromatic rings. The van der Waals surface area contributed by atoms with Crippen LogP contribution in [0.3, 0.4) is 0 Å². The number of nitrogens with zero attached hydrogens (tertiary/aromatic N) is 2. The number of nitrogens with two attached hydrogens (primary N) is 1. The summed E-state index contributed by atoms with van der Waals surface area (Å²) >= 11 is 0. The van der Waals surface area contributed by atoms with Crippen molar-refractivity contribution in [2.24, 2.45) is 5.73 Å². The van der Waals surface area contributed by atoms with Crippen molar-refractivity contribution in [1.82, 2.24) is 9.88 Å². The summed E-state index contributed by atoms with van der Waals surface area (Å²) < 4.78 is 0. The van der Waals surface area contributed by atoms with E-state index in [9.17, 15) is 0 Å². The molecule has 0 saturated carbocycles. The van der Waals surface area contributed by atoms with Crippen LogP contribution in [-0.2, 0) is 6.54 Å². The first-order chi connectivity index (χ1) is 6.86. The van der Waals surface area contributed by atoms with Crippen LogP contribution in [0.15, 0.2) is 24.5 Å². The SMILES string of the molecule is CCN(CCCN)Cc1cccnc1. The predicted octanol–water partition coefficient (Wildman–Crippen LogP) is 1.25. The lowest BCUT2D eigenvalue weighted by Crippen LogP contribution is -2.25. The molecule has 0 aliphatic carbocycles. The average molecular weight is 193 g/mol. The number of rotatable bonds is 6. The molecular formula is C11H19N3. The Kier molecular flexibility index (Phi) is 5.19. The van der Waals surface area contributed by atoms with Gasteiger partial charge in [0.15, 0.2) is 0 Å². The molecule has 1 heterocycles. The maximum Gasteiger partial charge on any atom is 0.0312 e. The second-order valence-corrected chi connectivity index (χ2v) is 3.37. The molecule has 78 valence electrons. The Morgan fingerprint density at radius 1 is 1.50 bits per heavy atom. The minimum absolute atomic E-state index is 0.767. The second-order valence-electron chi connectivity index (χ2n) is 3.37. The number of hydrogen-bond donors (Lipinski definition) is 1. The lowest BCUT2D eigenvalue weighted by Gasteiger charge is -2.19. The van der Waals surface area contributed by atoms with Crippen molar-refractivity contribution in [1.29, 1.82) is 0 Å². The van der Waals surface area contributed by atoms with Crippen molar-refractivity contribution in [3.63, 3.8) is 0 Å². The monoisotopic (exact) mass is 193 g/mol. The lowest BCUT2D eigenvalue weighted by atomic mass is 10.2. The quantitative estimate of drug-likeness (QED) is 0.739. The molecule has 0 bridgehead atoms. The topological polar surface area (TPSA) is 42.1 Å². The molecule has 0 aliphatic rings. The molecule has 2 N–H and O–H groups in total. The molecule has 3 nitrogen and oxygen atoms in total. The van der Waals surface area contributed by atoms with Gasteiger partial charge in [0.25, 0.3) is 0 Å². The van der Waals surface area contributed by atoms with E-state index in [1.54, 1.807) is 6.20 Å². The summed E-state index contributed by atoms with van der Waals surface area (Å²) in [7, 11) is 0. The van der Waals surface area contributed by atoms with Crippen molar-refractivity contribution in [2.75, 3.05) is 19.6 Å². The fraction of sp³-hybridized carbons (Fsp3) is 0.545. The van der Waals surface area contributed by atoms with Gasteiger partial charge in [-0.05, 0) is 37.7 Å². The Morgan fingerprint density at radius 2 is 2.36 bits per heavy atom. The molecule has 0 spiro atoms. The van der Waals surface area contributed by atoms with E-state index in [-0.39, 0.29) is 0 Å². The first-order valence-electron chi connectivity index (χ1n) is 5.18. The van der Waals surface area contributed by atoms with Crippen LogP contribution in [-0.4, -0.2) is 29.5 Å². The third kappa shape index (κ3) is 3.85. The predicted molar refractivity (Wildman–Crippen MR) is 58.9 cm³/mol. The molecule has 3 heteroatoms. The molecule has 0 aromatic carbocycles. The molecule has 0 saturated heterocycles. The molecule has 0 unspecified atom stereocenters. The zero-order valence-corrected chi connectivity index (χ0v) is 8.82. The zero-order chi connectivity index (χ0) is 10.2. The maximum atomic E-state index is 5.49. The highest BCUT2D eigenvalue weighted by atomic mass is 15.1. The Bertz CT molecular complexity index is 236. The Morgan fingerprint density at radius 3 is 2.93 bits per heavy atom. The molecule has 0 radical (unpaired) electrons. The van der Waals surface area contributed by atoms with Crippen LogP contribution in [0.1, 0.15) is 18.9 Å². The normalized spacial score (nSPS) is 10.8. The summed E-state index contributed by atoms with van der Waals surface area (Å²) in [6, 6.07) is 4.09. The van der Waals surface area contributed by atoms with Gasteiger partial charge in [-0.3, -0.25) is 9.88 Å². The molecule has 1 rings (SSSR count). The highest BCUT2D eigenvalue weighted by molar-refractivity contribution is 5.07. The smallest absolute Gasteiger partial charge is 0.0312 e. The van der Waals surface area contributed by atoms with E-state index in [2.05, 4.69) is 22.9 Å². The van der Waals surface area contributed by atoms with Gasteiger partial charge in [0.1, 0.15) is 0 Å². The van der Waals surface area contributed by atoms with Gasteiger partial charge in [-0.2, -0.15) is 0 Å². The van der Waals surface area contributed by atoms with Crippen molar-refractivity contribution in [2.45, 2.75) is 19.9 Å². The van der Waals surface area contributed by atoms with Gasteiger partial charge in [0.05, 0.1) is 0 Å². The van der Waals surface area contributed by atoms with Crippen LogP contribution >= 0.6 is 0 Å². The molecule has 0 fully saturated rings. The first-order valence-corrected chi connectivity index (χ1v) is 5.18. The van der Waals surface area contributed by atoms with Gasteiger partial charge in [0.2, 0.25) is 0 Å². The van der Waals surface area contributed by atoms with Crippen LogP contribution in [0.25, 0.3) is 0 Å². The van der Waals surface area contributed by atoms with Crippen molar-refractivity contribution < 1.29 is 0 Å². The van der Waals surface area contributed by atoms with Crippen LogP contribution in [0.4, 0.5) is 0 Å². The summed E-state index contributed by atoms with van der Waals surface area (Å²) in [5.74, 6) is 0. The van der Waals surface area contributed by atoms with E-state index in [4.69, 9.17) is 5.73 Å². The molecule has 0 amide bonds. The molecule has 1 aromatic heterocycles. The largest absolute Gasteiger partial charge is 0.330 e. The van der Waals surface area contributed by atoms with Crippen LogP contribution < -0.4 is 5.73 Å². The molecule has 0 atom stereocenters. The Labute approximate surface area is 85.9 Å². The molecule has 14 heavy (non-hydrogen) atoms. The summed E-state index contributed by atoms with van der Waals surface area (Å²) in [6.07, 6.45) is 4.79. The highest BCUT2D eigenvalue weighted by Crippen LogP contribution is 2.02. The van der Waals surface area contributed by atoms with E-state index >= 15 is 0 Å². The fourth-order valence-electron chi connectivity index (χ4n) is 1.41. The fourth-order valence-corrected chi connectivity index (χ4v) is 1.41. The van der Waals surface area contributed by atoms with E-state index < -0.39 is 0 Å². The third-order valence-corrected chi connectivity index (χ3v) is 2.25. The van der Waals surface area contributed by atoms with E-state index in [0.717, 1.165) is 32.6 Å². The van der Waals surface area contributed by atoms with Gasteiger partial charge in [-0.15, -0.1) is 0 Å². The van der Waals surface area contributed by atoms with Gasteiger partial charge >= 0.3 is 0 Å². The lowest BCUT2D eigenvalue weighted by molar-refractivity contribution is 0.278. The first kappa shape index (κ1) is 11.1. The molecular weight excluding hydrogens is 174 g/mol. The summed E-state index contributed by atoms with van der Waals surface area (Å²) in [6.45, 7) is 6.05. The Hall–Kier alpha value is -0.930. The standard InChI is InChI=1S/C11H19N3/c1-2-14(8-4-6-12)10-11-5-3-7-13-9-11/h3,5,7,9H,2,4,6,8,10,12H2,1H3. The zero-order valence-electron chi connectivity index (χ0n) is 8.82. The third-order valence-electron chi connectivity index (χ3n) is 2.25. The average Bonchev–Trinajstić information content (AvgIpc) is 2.25. The summed E-state index contributed by atoms with van der Waals surface area (Å²) in [5.41, 5.74) is 6.76. The van der Waals surface area contributed by atoms with Gasteiger partial charge < -0.3 is 5.73 Å². The second kappa shape index (κ2) is 6.51. The maximum absolute atomic E-state index is 5.49. The van der Waals surface area contributed by atoms with Crippen LogP contribution in [0, 0.1) is 0 Å². The minimum Gasteiger partial charge on any atom is -0.330 e. The number of pyridine rings is 1. The molecule has 0 aliphatic heterocycles. The van der Waals surface area contributed by atoms with Crippen LogP contribution in [0.5, 0.6) is 0 Å². The number of hydrogen-bond acceptors (Lipinski definition) is 3. The van der Waals surface area contributed by atoms with Gasteiger partial charge in [0, 0.05) is 18.9 Å². The number of aromatic nitrogens is 1. The Balaban J connectivity index is 2.40. The van der Waals surface area contributed by atoms with Crippen molar-refractivity contribution in [3.8, 4) is 0 Å². The van der Waals surface area contributed by atoms with Crippen molar-refractivity contribution in [3.05, 3.63) is 30.1 Å². The van der Waals surface area contributed by atoms with Gasteiger partial charge in [-0.25, -0.2) is 0 Å². The highest BCUT2D eigenvalue weighted by Gasteiger charge is 2.02. The van der Waals surface area contributed by atoms with Crippen LogP contribution in [0.2, 0.25) is 0 Å². The summed E-state index contributed by atoms with van der Waals surface area (Å²) in [5, 5.41) is 0. The minimum atomic E-state index is 0.767. The van der Waals surface area contributed by atoms with E-state index in [0.29, 0.717) is 0 Å². The summed E-state index contributed by atoms with van der Waals surface area (Å²) in [4.78, 5) is 6.48.